The van der Waals surface area contributed by atoms with Gasteiger partial charge in [-0.25, -0.2) is 4.39 Å². The maximum atomic E-state index is 13.5. The van der Waals surface area contributed by atoms with Crippen molar-refractivity contribution >= 4 is 0 Å². The third-order valence-corrected chi connectivity index (χ3v) is 3.00. The fourth-order valence-corrected chi connectivity index (χ4v) is 1.96. The first-order valence-electron chi connectivity index (χ1n) is 6.25. The molecule has 0 atom stereocenters. The Hall–Kier alpha value is -2.38. The standard InChI is InChI=1S/C16H15FN2O/c1-20-16-7-6-12(9-18)8-14(16)11-19-10-13-4-2-3-5-15(13)17/h2-8,19H,10-11H2,1H3. The summed E-state index contributed by atoms with van der Waals surface area (Å²) in [5, 5.41) is 12.1. The SMILES string of the molecule is COc1ccc(C#N)cc1CNCc1ccccc1F. The summed E-state index contributed by atoms with van der Waals surface area (Å²) in [6, 6.07) is 14.0. The highest BCUT2D eigenvalue weighted by molar-refractivity contribution is 5.42. The maximum Gasteiger partial charge on any atom is 0.127 e. The first-order valence-corrected chi connectivity index (χ1v) is 6.25. The molecule has 20 heavy (non-hydrogen) atoms. The highest BCUT2D eigenvalue weighted by Crippen LogP contribution is 2.19. The number of benzene rings is 2. The van der Waals surface area contributed by atoms with Gasteiger partial charge in [-0.1, -0.05) is 18.2 Å². The van der Waals surface area contributed by atoms with Gasteiger partial charge in [0, 0.05) is 24.2 Å². The van der Waals surface area contributed by atoms with Gasteiger partial charge in [-0.3, -0.25) is 0 Å². The van der Waals surface area contributed by atoms with Gasteiger partial charge in [-0.2, -0.15) is 5.26 Å². The molecule has 0 aliphatic carbocycles. The summed E-state index contributed by atoms with van der Waals surface area (Å²) < 4.78 is 18.7. The Labute approximate surface area is 117 Å². The van der Waals surface area contributed by atoms with Gasteiger partial charge in [-0.15, -0.1) is 0 Å². The molecule has 2 aromatic carbocycles. The molecule has 0 unspecified atom stereocenters. The molecule has 0 aliphatic heterocycles. The monoisotopic (exact) mass is 270 g/mol. The van der Waals surface area contributed by atoms with Crippen LogP contribution in [0.25, 0.3) is 0 Å². The van der Waals surface area contributed by atoms with Crippen LogP contribution < -0.4 is 10.1 Å². The summed E-state index contributed by atoms with van der Waals surface area (Å²) in [5.41, 5.74) is 2.07. The van der Waals surface area contributed by atoms with Crippen molar-refractivity contribution in [2.45, 2.75) is 13.1 Å². The molecule has 2 rings (SSSR count). The molecule has 0 radical (unpaired) electrons. The van der Waals surface area contributed by atoms with Crippen molar-refractivity contribution in [3.63, 3.8) is 0 Å². The topological polar surface area (TPSA) is 45.0 Å². The van der Waals surface area contributed by atoms with Crippen LogP contribution in [-0.4, -0.2) is 7.11 Å². The van der Waals surface area contributed by atoms with Gasteiger partial charge in [0.05, 0.1) is 18.7 Å². The Bertz CT molecular complexity index is 635. The average molecular weight is 270 g/mol. The van der Waals surface area contributed by atoms with Crippen molar-refractivity contribution < 1.29 is 9.13 Å². The summed E-state index contributed by atoms with van der Waals surface area (Å²) in [6.07, 6.45) is 0. The van der Waals surface area contributed by atoms with Crippen molar-refractivity contribution in [3.05, 3.63) is 65.0 Å². The van der Waals surface area contributed by atoms with E-state index >= 15 is 0 Å². The number of nitrogens with one attached hydrogen (secondary N) is 1. The third kappa shape index (κ3) is 3.34. The quantitative estimate of drug-likeness (QED) is 0.908. The van der Waals surface area contributed by atoms with Crippen LogP contribution >= 0.6 is 0 Å². The highest BCUT2D eigenvalue weighted by atomic mass is 19.1. The van der Waals surface area contributed by atoms with Crippen LogP contribution in [-0.2, 0) is 13.1 Å². The molecule has 0 saturated heterocycles. The minimum atomic E-state index is -0.224. The van der Waals surface area contributed by atoms with E-state index in [2.05, 4.69) is 11.4 Å². The second-order valence-electron chi connectivity index (χ2n) is 4.33. The van der Waals surface area contributed by atoms with Crippen molar-refractivity contribution in [3.8, 4) is 11.8 Å². The smallest absolute Gasteiger partial charge is 0.127 e. The van der Waals surface area contributed by atoms with E-state index < -0.39 is 0 Å². The van der Waals surface area contributed by atoms with E-state index in [9.17, 15) is 4.39 Å². The number of ether oxygens (including phenoxy) is 1. The van der Waals surface area contributed by atoms with Crippen LogP contribution in [0.3, 0.4) is 0 Å². The molecule has 3 nitrogen and oxygen atoms in total. The number of nitriles is 1. The summed E-state index contributed by atoms with van der Waals surface area (Å²) in [5.74, 6) is 0.489. The number of halogens is 1. The molecule has 2 aromatic rings. The fraction of sp³-hybridized carbons (Fsp3) is 0.188. The molecule has 1 N–H and O–H groups in total. The molecule has 0 amide bonds. The number of hydrogen-bond acceptors (Lipinski definition) is 3. The Balaban J connectivity index is 2.04. The van der Waals surface area contributed by atoms with E-state index in [4.69, 9.17) is 10.00 Å². The van der Waals surface area contributed by atoms with Gasteiger partial charge < -0.3 is 10.1 Å². The number of methoxy groups -OCH3 is 1. The lowest BCUT2D eigenvalue weighted by atomic mass is 10.1. The van der Waals surface area contributed by atoms with Gasteiger partial charge in [-0.05, 0) is 24.3 Å². The first kappa shape index (κ1) is 14.0. The molecule has 0 spiro atoms. The van der Waals surface area contributed by atoms with Gasteiger partial charge in [0.1, 0.15) is 11.6 Å². The van der Waals surface area contributed by atoms with Crippen molar-refractivity contribution in [1.29, 1.82) is 5.26 Å². The van der Waals surface area contributed by atoms with Crippen LogP contribution in [0.5, 0.6) is 5.75 Å². The second kappa shape index (κ2) is 6.69. The van der Waals surface area contributed by atoms with Gasteiger partial charge >= 0.3 is 0 Å². The van der Waals surface area contributed by atoms with Crippen LogP contribution in [0.4, 0.5) is 4.39 Å². The van der Waals surface area contributed by atoms with Gasteiger partial charge in [0.25, 0.3) is 0 Å². The Morgan fingerprint density at radius 2 is 1.90 bits per heavy atom. The Morgan fingerprint density at radius 1 is 1.15 bits per heavy atom. The number of nitrogens with zero attached hydrogens (tertiary/aromatic N) is 1. The Morgan fingerprint density at radius 3 is 2.60 bits per heavy atom. The zero-order valence-corrected chi connectivity index (χ0v) is 11.2. The van der Waals surface area contributed by atoms with Crippen LogP contribution in [0.1, 0.15) is 16.7 Å². The molecule has 4 heteroatoms. The molecule has 0 bridgehead atoms. The third-order valence-electron chi connectivity index (χ3n) is 3.00. The zero-order valence-electron chi connectivity index (χ0n) is 11.2. The predicted molar refractivity (Wildman–Crippen MR) is 74.7 cm³/mol. The molecule has 0 saturated carbocycles. The highest BCUT2D eigenvalue weighted by Gasteiger charge is 2.05. The lowest BCUT2D eigenvalue weighted by Gasteiger charge is -2.10. The maximum absolute atomic E-state index is 13.5. The largest absolute Gasteiger partial charge is 0.496 e. The summed E-state index contributed by atoms with van der Waals surface area (Å²) in [6.45, 7) is 0.930. The average Bonchev–Trinajstić information content (AvgIpc) is 2.49. The lowest BCUT2D eigenvalue weighted by Crippen LogP contribution is -2.14. The zero-order chi connectivity index (χ0) is 14.4. The lowest BCUT2D eigenvalue weighted by molar-refractivity contribution is 0.407. The fourth-order valence-electron chi connectivity index (χ4n) is 1.96. The molecule has 0 aromatic heterocycles. The van der Waals surface area contributed by atoms with Crippen LogP contribution in [0.15, 0.2) is 42.5 Å². The van der Waals surface area contributed by atoms with E-state index in [0.29, 0.717) is 30.0 Å². The molecule has 102 valence electrons. The van der Waals surface area contributed by atoms with Crippen LogP contribution in [0.2, 0.25) is 0 Å². The van der Waals surface area contributed by atoms with E-state index in [1.165, 1.54) is 6.07 Å². The van der Waals surface area contributed by atoms with Gasteiger partial charge in [0.2, 0.25) is 0 Å². The second-order valence-corrected chi connectivity index (χ2v) is 4.33. The van der Waals surface area contributed by atoms with E-state index in [1.807, 2.05) is 0 Å². The minimum absolute atomic E-state index is 0.224. The normalized spacial score (nSPS) is 10.1. The summed E-state index contributed by atoms with van der Waals surface area (Å²) >= 11 is 0. The molecule has 0 aliphatic rings. The molecule has 0 heterocycles. The molecule has 0 fully saturated rings. The van der Waals surface area contributed by atoms with Crippen molar-refractivity contribution in [2.75, 3.05) is 7.11 Å². The predicted octanol–water partition coefficient (Wildman–Crippen LogP) is 3.00. The Kier molecular flexibility index (Phi) is 4.70. The summed E-state index contributed by atoms with van der Waals surface area (Å²) in [7, 11) is 1.59. The van der Waals surface area contributed by atoms with Crippen molar-refractivity contribution in [2.24, 2.45) is 0 Å². The van der Waals surface area contributed by atoms with Crippen molar-refractivity contribution in [1.82, 2.24) is 5.32 Å². The van der Waals surface area contributed by atoms with E-state index in [0.717, 1.165) is 5.56 Å². The number of hydrogen-bond donors (Lipinski definition) is 1. The van der Waals surface area contributed by atoms with Gasteiger partial charge in [0.15, 0.2) is 0 Å². The number of rotatable bonds is 5. The first-order chi connectivity index (χ1) is 9.74. The minimum Gasteiger partial charge on any atom is -0.496 e. The van der Waals surface area contributed by atoms with E-state index in [1.54, 1.807) is 43.5 Å². The molecular formula is C16H15FN2O. The van der Waals surface area contributed by atoms with Crippen LogP contribution in [0, 0.1) is 17.1 Å². The molecular weight excluding hydrogens is 255 g/mol. The summed E-state index contributed by atoms with van der Waals surface area (Å²) in [4.78, 5) is 0. The van der Waals surface area contributed by atoms with E-state index in [-0.39, 0.29) is 5.82 Å².